The van der Waals surface area contributed by atoms with Crippen LogP contribution in [0.2, 0.25) is 0 Å². The number of nitriles is 1. The Morgan fingerprint density at radius 2 is 1.81 bits per heavy atom. The predicted octanol–water partition coefficient (Wildman–Crippen LogP) is 5.29. The molecule has 1 rings (SSSR count). The standard InChI is InChI=1S/C19H32N2/c1-7-8-16(2)19(9-12-20)10-13-21(14-11-19)17(3)15-18(4,5)6/h2-3,7-11,13-15H2,1,4-6H3. The molecule has 1 aliphatic heterocycles. The molecule has 0 unspecified atom stereocenters. The SMILES string of the molecule is C=C(CC(C)(C)C)N1CCC(CC#N)(C(=C)CCC)CC1. The first kappa shape index (κ1) is 17.8. The largest absolute Gasteiger partial charge is 0.375 e. The molecule has 2 nitrogen and oxygen atoms in total. The number of rotatable bonds is 6. The molecule has 0 radical (unpaired) electrons. The first-order chi connectivity index (χ1) is 9.74. The van der Waals surface area contributed by atoms with Crippen LogP contribution in [0.25, 0.3) is 0 Å². The third kappa shape index (κ3) is 4.92. The molecule has 0 aromatic carbocycles. The van der Waals surface area contributed by atoms with E-state index >= 15 is 0 Å². The lowest BCUT2D eigenvalue weighted by molar-refractivity contribution is 0.150. The minimum atomic E-state index is 0.0449. The van der Waals surface area contributed by atoms with Gasteiger partial charge in [-0.25, -0.2) is 0 Å². The maximum Gasteiger partial charge on any atom is 0.0631 e. The Kier molecular flexibility index (Phi) is 6.08. The van der Waals surface area contributed by atoms with Crippen LogP contribution >= 0.6 is 0 Å². The molecule has 0 aromatic heterocycles. The van der Waals surface area contributed by atoms with Crippen LogP contribution in [-0.4, -0.2) is 18.0 Å². The molecule has 2 heteroatoms. The first-order valence-corrected chi connectivity index (χ1v) is 8.22. The molecular formula is C19H32N2. The van der Waals surface area contributed by atoms with Crippen LogP contribution < -0.4 is 0 Å². The molecular weight excluding hydrogens is 256 g/mol. The third-order valence-electron chi connectivity index (χ3n) is 4.62. The molecule has 1 fully saturated rings. The summed E-state index contributed by atoms with van der Waals surface area (Å²) in [6.07, 6.45) is 5.90. The Morgan fingerprint density at radius 1 is 1.24 bits per heavy atom. The van der Waals surface area contributed by atoms with Gasteiger partial charge in [0.2, 0.25) is 0 Å². The molecule has 21 heavy (non-hydrogen) atoms. The number of nitrogens with zero attached hydrogens (tertiary/aromatic N) is 2. The Morgan fingerprint density at radius 3 is 2.24 bits per heavy atom. The summed E-state index contributed by atoms with van der Waals surface area (Å²) in [5.41, 5.74) is 2.86. The van der Waals surface area contributed by atoms with Crippen molar-refractivity contribution in [2.24, 2.45) is 10.8 Å². The highest BCUT2D eigenvalue weighted by molar-refractivity contribution is 5.16. The van der Waals surface area contributed by atoms with Gasteiger partial charge in [-0.1, -0.05) is 52.8 Å². The molecule has 0 aromatic rings. The van der Waals surface area contributed by atoms with Gasteiger partial charge in [-0.05, 0) is 31.1 Å². The smallest absolute Gasteiger partial charge is 0.0631 e. The quantitative estimate of drug-likeness (QED) is 0.621. The number of piperidine rings is 1. The normalized spacial score (nSPS) is 18.1. The third-order valence-corrected chi connectivity index (χ3v) is 4.62. The topological polar surface area (TPSA) is 27.0 Å². The predicted molar refractivity (Wildman–Crippen MR) is 90.7 cm³/mol. The number of likely N-dealkylation sites (tertiary alicyclic amines) is 1. The van der Waals surface area contributed by atoms with Crippen molar-refractivity contribution in [3.05, 3.63) is 24.4 Å². The van der Waals surface area contributed by atoms with Gasteiger partial charge in [0.1, 0.15) is 0 Å². The van der Waals surface area contributed by atoms with E-state index in [1.807, 2.05) is 0 Å². The van der Waals surface area contributed by atoms with Gasteiger partial charge in [-0.2, -0.15) is 5.26 Å². The first-order valence-electron chi connectivity index (χ1n) is 8.22. The highest BCUT2D eigenvalue weighted by Gasteiger charge is 2.36. The van der Waals surface area contributed by atoms with Gasteiger partial charge < -0.3 is 4.90 Å². The maximum atomic E-state index is 9.21. The zero-order chi connectivity index (χ0) is 16.1. The van der Waals surface area contributed by atoms with Gasteiger partial charge in [0.15, 0.2) is 0 Å². The zero-order valence-electron chi connectivity index (χ0n) is 14.5. The molecule has 0 saturated carbocycles. The molecule has 1 saturated heterocycles. The lowest BCUT2D eigenvalue weighted by Gasteiger charge is -2.44. The van der Waals surface area contributed by atoms with E-state index < -0.39 is 0 Å². The highest BCUT2D eigenvalue weighted by Crippen LogP contribution is 2.43. The van der Waals surface area contributed by atoms with Crippen molar-refractivity contribution < 1.29 is 0 Å². The molecule has 0 aliphatic carbocycles. The molecule has 118 valence electrons. The fraction of sp³-hybridized carbons (Fsp3) is 0.737. The average Bonchev–Trinajstić information content (AvgIpc) is 2.38. The van der Waals surface area contributed by atoms with E-state index in [1.165, 1.54) is 11.3 Å². The highest BCUT2D eigenvalue weighted by atomic mass is 15.1. The molecule has 0 amide bonds. The summed E-state index contributed by atoms with van der Waals surface area (Å²) in [4.78, 5) is 2.42. The van der Waals surface area contributed by atoms with Crippen molar-refractivity contribution in [1.82, 2.24) is 4.90 Å². The van der Waals surface area contributed by atoms with Gasteiger partial charge in [0, 0.05) is 30.6 Å². The summed E-state index contributed by atoms with van der Waals surface area (Å²) in [7, 11) is 0. The molecule has 1 heterocycles. The minimum Gasteiger partial charge on any atom is -0.375 e. The summed E-state index contributed by atoms with van der Waals surface area (Å²) in [5.74, 6) is 0. The van der Waals surface area contributed by atoms with E-state index in [-0.39, 0.29) is 10.8 Å². The van der Waals surface area contributed by atoms with E-state index in [1.54, 1.807) is 0 Å². The number of hydrogen-bond donors (Lipinski definition) is 0. The minimum absolute atomic E-state index is 0.0449. The van der Waals surface area contributed by atoms with Crippen LogP contribution in [0.4, 0.5) is 0 Å². The summed E-state index contributed by atoms with van der Waals surface area (Å²) in [5, 5.41) is 9.21. The summed E-state index contributed by atoms with van der Waals surface area (Å²) < 4.78 is 0. The maximum absolute atomic E-state index is 9.21. The van der Waals surface area contributed by atoms with E-state index in [0.717, 1.165) is 45.2 Å². The molecule has 0 atom stereocenters. The summed E-state index contributed by atoms with van der Waals surface area (Å²) in [6.45, 7) is 19.6. The number of allylic oxidation sites excluding steroid dienone is 2. The fourth-order valence-corrected chi connectivity index (χ4v) is 3.35. The molecule has 1 aliphatic rings. The van der Waals surface area contributed by atoms with Crippen molar-refractivity contribution in [3.8, 4) is 6.07 Å². The fourth-order valence-electron chi connectivity index (χ4n) is 3.35. The van der Waals surface area contributed by atoms with Crippen LogP contribution in [0.5, 0.6) is 0 Å². The Labute approximate surface area is 131 Å². The van der Waals surface area contributed by atoms with Crippen molar-refractivity contribution in [1.29, 1.82) is 5.26 Å². The van der Waals surface area contributed by atoms with E-state index in [0.29, 0.717) is 6.42 Å². The molecule has 0 spiro atoms. The van der Waals surface area contributed by atoms with Gasteiger partial charge in [-0.15, -0.1) is 0 Å². The van der Waals surface area contributed by atoms with Crippen molar-refractivity contribution in [2.45, 2.75) is 66.2 Å². The van der Waals surface area contributed by atoms with Gasteiger partial charge in [0.05, 0.1) is 6.07 Å². The number of hydrogen-bond acceptors (Lipinski definition) is 2. The molecule has 0 N–H and O–H groups in total. The van der Waals surface area contributed by atoms with Crippen molar-refractivity contribution in [2.75, 3.05) is 13.1 Å². The van der Waals surface area contributed by atoms with Crippen LogP contribution in [-0.2, 0) is 0 Å². The van der Waals surface area contributed by atoms with Gasteiger partial charge >= 0.3 is 0 Å². The second-order valence-corrected chi connectivity index (χ2v) is 7.76. The average molecular weight is 288 g/mol. The second-order valence-electron chi connectivity index (χ2n) is 7.76. The van der Waals surface area contributed by atoms with Gasteiger partial charge in [0.25, 0.3) is 0 Å². The van der Waals surface area contributed by atoms with Crippen LogP contribution in [0, 0.1) is 22.2 Å². The Hall–Kier alpha value is -1.23. The lowest BCUT2D eigenvalue weighted by atomic mass is 9.69. The summed E-state index contributed by atoms with van der Waals surface area (Å²) in [6, 6.07) is 2.40. The van der Waals surface area contributed by atoms with E-state index in [4.69, 9.17) is 0 Å². The van der Waals surface area contributed by atoms with Crippen molar-refractivity contribution in [3.63, 3.8) is 0 Å². The molecule has 0 bridgehead atoms. The van der Waals surface area contributed by atoms with E-state index in [9.17, 15) is 5.26 Å². The zero-order valence-corrected chi connectivity index (χ0v) is 14.5. The van der Waals surface area contributed by atoms with Crippen molar-refractivity contribution >= 4 is 0 Å². The monoisotopic (exact) mass is 288 g/mol. The van der Waals surface area contributed by atoms with E-state index in [2.05, 4.69) is 51.8 Å². The van der Waals surface area contributed by atoms with Crippen LogP contribution in [0.15, 0.2) is 24.4 Å². The van der Waals surface area contributed by atoms with Crippen LogP contribution in [0.3, 0.4) is 0 Å². The Bertz CT molecular complexity index is 412. The lowest BCUT2D eigenvalue weighted by Crippen LogP contribution is -2.40. The summed E-state index contributed by atoms with van der Waals surface area (Å²) >= 11 is 0. The second kappa shape index (κ2) is 7.16. The van der Waals surface area contributed by atoms with Crippen LogP contribution in [0.1, 0.15) is 66.2 Å². The van der Waals surface area contributed by atoms with Gasteiger partial charge in [-0.3, -0.25) is 0 Å². The Balaban J connectivity index is 2.69.